The monoisotopic (exact) mass is 277 g/mol. The van der Waals surface area contributed by atoms with Gasteiger partial charge in [0.2, 0.25) is 0 Å². The van der Waals surface area contributed by atoms with Crippen molar-refractivity contribution in [1.29, 1.82) is 5.26 Å². The van der Waals surface area contributed by atoms with E-state index in [1.54, 1.807) is 0 Å². The maximum Gasteiger partial charge on any atom is 0.387 e. The summed E-state index contributed by atoms with van der Waals surface area (Å²) in [6.07, 6.45) is -3.07. The van der Waals surface area contributed by atoms with Gasteiger partial charge >= 0.3 is 12.6 Å². The van der Waals surface area contributed by atoms with Gasteiger partial charge in [0.25, 0.3) is 6.43 Å². The van der Waals surface area contributed by atoms with Crippen LogP contribution in [0.2, 0.25) is 0 Å². The Hall–Kier alpha value is -2.30. The number of carbonyl (C=O) groups excluding carboxylic acids is 1. The van der Waals surface area contributed by atoms with Gasteiger partial charge in [0.1, 0.15) is 17.4 Å². The maximum atomic E-state index is 12.7. The summed E-state index contributed by atoms with van der Waals surface area (Å²) >= 11 is 0. The normalized spacial score (nSPS) is 10.4. The second kappa shape index (κ2) is 6.04. The molecule has 0 amide bonds. The number of hydrogen-bond donors (Lipinski definition) is 0. The van der Waals surface area contributed by atoms with Gasteiger partial charge in [-0.05, 0) is 12.1 Å². The minimum atomic E-state index is -3.25. The van der Waals surface area contributed by atoms with Crippen molar-refractivity contribution in [2.75, 3.05) is 7.11 Å². The summed E-state index contributed by atoms with van der Waals surface area (Å²) in [6.45, 7) is -3.25. The number of nitriles is 1. The quantitative estimate of drug-likeness (QED) is 0.627. The predicted octanol–water partition coefficient (Wildman–Crippen LogP) is 2.88. The standard InChI is InChI=1S/C11H7F4NO3/c1-18-10(17)8-5(9(12)13)2-3-7(6(8)4-16)19-11(14)15/h2-3,9,11H,1H3. The molecule has 0 aromatic heterocycles. The molecule has 8 heteroatoms. The number of carbonyl (C=O) groups is 1. The highest BCUT2D eigenvalue weighted by molar-refractivity contribution is 5.95. The Labute approximate surface area is 105 Å². The summed E-state index contributed by atoms with van der Waals surface area (Å²) in [5, 5.41) is 8.84. The topological polar surface area (TPSA) is 59.3 Å². The largest absolute Gasteiger partial charge is 0.465 e. The van der Waals surface area contributed by atoms with Gasteiger partial charge < -0.3 is 9.47 Å². The van der Waals surface area contributed by atoms with Gasteiger partial charge in [-0.15, -0.1) is 0 Å². The third-order valence-corrected chi connectivity index (χ3v) is 2.15. The fraction of sp³-hybridized carbons (Fsp3) is 0.273. The molecule has 0 N–H and O–H groups in total. The molecule has 0 aliphatic carbocycles. The molecule has 0 bridgehead atoms. The zero-order valence-electron chi connectivity index (χ0n) is 9.49. The third kappa shape index (κ3) is 3.13. The van der Waals surface area contributed by atoms with Crippen LogP contribution in [0.25, 0.3) is 0 Å². The molecule has 1 aromatic rings. The molecule has 102 valence electrons. The maximum absolute atomic E-state index is 12.7. The highest BCUT2D eigenvalue weighted by Crippen LogP contribution is 2.32. The highest BCUT2D eigenvalue weighted by Gasteiger charge is 2.26. The van der Waals surface area contributed by atoms with E-state index in [0.717, 1.165) is 19.2 Å². The van der Waals surface area contributed by atoms with E-state index >= 15 is 0 Å². The predicted molar refractivity (Wildman–Crippen MR) is 54.1 cm³/mol. The minimum Gasteiger partial charge on any atom is -0.465 e. The SMILES string of the molecule is COC(=O)c1c(C(F)F)ccc(OC(F)F)c1C#N. The van der Waals surface area contributed by atoms with Crippen LogP contribution < -0.4 is 4.74 Å². The van der Waals surface area contributed by atoms with E-state index in [9.17, 15) is 22.4 Å². The summed E-state index contributed by atoms with van der Waals surface area (Å²) < 4.78 is 57.9. The van der Waals surface area contributed by atoms with Crippen LogP contribution in [0.4, 0.5) is 17.6 Å². The number of rotatable bonds is 4. The molecule has 4 nitrogen and oxygen atoms in total. The molecule has 0 heterocycles. The number of esters is 1. The number of benzene rings is 1. The van der Waals surface area contributed by atoms with Gasteiger partial charge in [-0.3, -0.25) is 0 Å². The van der Waals surface area contributed by atoms with E-state index in [2.05, 4.69) is 9.47 Å². The molecule has 1 rings (SSSR count). The van der Waals surface area contributed by atoms with Crippen molar-refractivity contribution in [3.05, 3.63) is 28.8 Å². The Balaban J connectivity index is 3.51. The zero-order chi connectivity index (χ0) is 14.6. The summed E-state index contributed by atoms with van der Waals surface area (Å²) in [4.78, 5) is 11.4. The molecule has 0 atom stereocenters. The Bertz CT molecular complexity index is 525. The molecular weight excluding hydrogens is 270 g/mol. The Morgan fingerprint density at radius 3 is 2.37 bits per heavy atom. The first-order valence-electron chi connectivity index (χ1n) is 4.80. The van der Waals surface area contributed by atoms with Crippen molar-refractivity contribution in [2.24, 2.45) is 0 Å². The minimum absolute atomic E-state index is 0.665. The lowest BCUT2D eigenvalue weighted by molar-refractivity contribution is -0.0501. The van der Waals surface area contributed by atoms with Crippen molar-refractivity contribution in [2.45, 2.75) is 13.0 Å². The molecule has 0 spiro atoms. The molecular formula is C11H7F4NO3. The van der Waals surface area contributed by atoms with E-state index < -0.39 is 41.4 Å². The van der Waals surface area contributed by atoms with Crippen LogP contribution in [0.1, 0.15) is 27.9 Å². The lowest BCUT2D eigenvalue weighted by Gasteiger charge is -2.13. The Morgan fingerprint density at radius 2 is 1.95 bits per heavy atom. The molecule has 19 heavy (non-hydrogen) atoms. The summed E-state index contributed by atoms with van der Waals surface area (Å²) in [6, 6.07) is 2.90. The van der Waals surface area contributed by atoms with Gasteiger partial charge in [0, 0.05) is 5.56 Å². The van der Waals surface area contributed by atoms with Crippen LogP contribution in [0.3, 0.4) is 0 Å². The van der Waals surface area contributed by atoms with Crippen LogP contribution >= 0.6 is 0 Å². The van der Waals surface area contributed by atoms with Crippen LogP contribution in [0.5, 0.6) is 5.75 Å². The molecule has 0 radical (unpaired) electrons. The second-order valence-corrected chi connectivity index (χ2v) is 3.19. The lowest BCUT2D eigenvalue weighted by atomic mass is 10.0. The fourth-order valence-electron chi connectivity index (χ4n) is 1.41. The molecule has 0 fully saturated rings. The van der Waals surface area contributed by atoms with Crippen LogP contribution in [-0.2, 0) is 4.74 Å². The van der Waals surface area contributed by atoms with E-state index in [0.29, 0.717) is 0 Å². The van der Waals surface area contributed by atoms with Crippen molar-refractivity contribution >= 4 is 5.97 Å². The average Bonchev–Trinajstić information content (AvgIpc) is 2.36. The Morgan fingerprint density at radius 1 is 1.32 bits per heavy atom. The van der Waals surface area contributed by atoms with Crippen LogP contribution in [0.15, 0.2) is 12.1 Å². The molecule has 0 unspecified atom stereocenters. The lowest BCUT2D eigenvalue weighted by Crippen LogP contribution is -2.12. The first kappa shape index (κ1) is 14.8. The van der Waals surface area contributed by atoms with Gasteiger partial charge in [-0.1, -0.05) is 0 Å². The van der Waals surface area contributed by atoms with Gasteiger partial charge in [0.05, 0.1) is 12.7 Å². The van der Waals surface area contributed by atoms with Crippen molar-refractivity contribution in [3.63, 3.8) is 0 Å². The van der Waals surface area contributed by atoms with Crippen LogP contribution in [-0.4, -0.2) is 19.7 Å². The molecule has 0 aliphatic rings. The average molecular weight is 277 g/mol. The summed E-state index contributed by atoms with van der Waals surface area (Å²) in [5.74, 6) is -1.89. The number of nitrogens with zero attached hydrogens (tertiary/aromatic N) is 1. The summed E-state index contributed by atoms with van der Waals surface area (Å²) in [5.41, 5.74) is -2.28. The molecule has 0 aliphatic heterocycles. The zero-order valence-corrected chi connectivity index (χ0v) is 9.49. The summed E-state index contributed by atoms with van der Waals surface area (Å²) in [7, 11) is 0.916. The fourth-order valence-corrected chi connectivity index (χ4v) is 1.41. The number of ether oxygens (including phenoxy) is 2. The molecule has 0 saturated heterocycles. The van der Waals surface area contributed by atoms with Crippen molar-refractivity contribution in [1.82, 2.24) is 0 Å². The number of hydrogen-bond acceptors (Lipinski definition) is 4. The molecule has 0 saturated carbocycles. The van der Waals surface area contributed by atoms with Gasteiger partial charge in [-0.25, -0.2) is 13.6 Å². The second-order valence-electron chi connectivity index (χ2n) is 3.19. The van der Waals surface area contributed by atoms with E-state index in [-0.39, 0.29) is 0 Å². The van der Waals surface area contributed by atoms with E-state index in [4.69, 9.17) is 5.26 Å². The van der Waals surface area contributed by atoms with Gasteiger partial charge in [0.15, 0.2) is 0 Å². The number of alkyl halides is 4. The third-order valence-electron chi connectivity index (χ3n) is 2.15. The smallest absolute Gasteiger partial charge is 0.387 e. The Kier molecular flexibility index (Phi) is 4.69. The van der Waals surface area contributed by atoms with Crippen LogP contribution in [0, 0.1) is 11.3 Å². The van der Waals surface area contributed by atoms with Crippen molar-refractivity contribution < 1.29 is 31.8 Å². The molecule has 1 aromatic carbocycles. The van der Waals surface area contributed by atoms with E-state index in [1.807, 2.05) is 0 Å². The van der Waals surface area contributed by atoms with Crippen molar-refractivity contribution in [3.8, 4) is 11.8 Å². The number of methoxy groups -OCH3 is 1. The first-order chi connectivity index (χ1) is 8.92. The number of halogens is 4. The highest BCUT2D eigenvalue weighted by atomic mass is 19.3. The first-order valence-corrected chi connectivity index (χ1v) is 4.80. The van der Waals surface area contributed by atoms with E-state index in [1.165, 1.54) is 6.07 Å². The van der Waals surface area contributed by atoms with Gasteiger partial charge in [-0.2, -0.15) is 14.0 Å².